The van der Waals surface area contributed by atoms with E-state index in [9.17, 15) is 0 Å². The molecule has 0 aliphatic heterocycles. The minimum absolute atomic E-state index is 0.739. The number of methoxy groups -OCH3 is 2. The van der Waals surface area contributed by atoms with Crippen molar-refractivity contribution in [3.05, 3.63) is 28.2 Å². The molecule has 0 heterocycles. The Hall–Kier alpha value is -0.620. The van der Waals surface area contributed by atoms with Crippen molar-refractivity contribution in [2.45, 2.75) is 13.0 Å². The second kappa shape index (κ2) is 9.31. The van der Waals surface area contributed by atoms with Crippen LogP contribution in [0.3, 0.4) is 0 Å². The fourth-order valence-corrected chi connectivity index (χ4v) is 2.28. The Morgan fingerprint density at radius 1 is 1.16 bits per heavy atom. The maximum absolute atomic E-state index is 5.80. The topological polar surface area (TPSA) is 47.7 Å². The summed E-state index contributed by atoms with van der Waals surface area (Å²) >= 11 is 3.46. The second-order valence-electron chi connectivity index (χ2n) is 4.47. The number of nitrogens with zero attached hydrogens (tertiary/aromatic N) is 1. The van der Waals surface area contributed by atoms with Gasteiger partial charge in [0.2, 0.25) is 0 Å². The Labute approximate surface area is 124 Å². The Kier molecular flexibility index (Phi) is 8.05. The van der Waals surface area contributed by atoms with Gasteiger partial charge in [0.15, 0.2) is 0 Å². The van der Waals surface area contributed by atoms with E-state index in [0.29, 0.717) is 0 Å². The molecular weight excluding hydrogens is 308 g/mol. The first-order valence-electron chi connectivity index (χ1n) is 6.41. The van der Waals surface area contributed by atoms with Gasteiger partial charge in [-0.3, -0.25) is 4.90 Å². The van der Waals surface area contributed by atoms with Crippen LogP contribution in [0.1, 0.15) is 12.0 Å². The van der Waals surface area contributed by atoms with Crippen LogP contribution < -0.4 is 5.73 Å². The lowest BCUT2D eigenvalue weighted by Crippen LogP contribution is -2.28. The Balaban J connectivity index is 2.56. The maximum atomic E-state index is 5.80. The minimum atomic E-state index is 0.739. The van der Waals surface area contributed by atoms with Crippen LogP contribution in [0.2, 0.25) is 0 Å². The molecule has 5 heteroatoms. The van der Waals surface area contributed by atoms with Gasteiger partial charge in [0, 0.05) is 50.6 Å². The number of nitrogen functional groups attached to an aromatic ring is 1. The molecule has 108 valence electrons. The van der Waals surface area contributed by atoms with E-state index in [2.05, 4.69) is 33.0 Å². The van der Waals surface area contributed by atoms with Gasteiger partial charge < -0.3 is 15.2 Å². The molecule has 0 saturated heterocycles. The van der Waals surface area contributed by atoms with Crippen molar-refractivity contribution in [2.24, 2.45) is 0 Å². The molecule has 0 unspecified atom stereocenters. The van der Waals surface area contributed by atoms with Gasteiger partial charge in [0.1, 0.15) is 0 Å². The smallest absolute Gasteiger partial charge is 0.0589 e. The summed E-state index contributed by atoms with van der Waals surface area (Å²) in [6.07, 6.45) is 1.02. The SMILES string of the molecule is COCCCN(CCOC)Cc1ccc(N)c(Br)c1. The molecule has 0 bridgehead atoms. The summed E-state index contributed by atoms with van der Waals surface area (Å²) in [7, 11) is 3.46. The lowest BCUT2D eigenvalue weighted by molar-refractivity contribution is 0.129. The van der Waals surface area contributed by atoms with Gasteiger partial charge in [0.25, 0.3) is 0 Å². The number of ether oxygens (including phenoxy) is 2. The lowest BCUT2D eigenvalue weighted by Gasteiger charge is -2.22. The quantitative estimate of drug-likeness (QED) is 0.558. The molecule has 0 saturated carbocycles. The highest BCUT2D eigenvalue weighted by molar-refractivity contribution is 9.10. The van der Waals surface area contributed by atoms with E-state index in [4.69, 9.17) is 15.2 Å². The van der Waals surface area contributed by atoms with Crippen LogP contribution >= 0.6 is 15.9 Å². The summed E-state index contributed by atoms with van der Waals surface area (Å²) in [5.41, 5.74) is 7.82. The highest BCUT2D eigenvalue weighted by Gasteiger charge is 2.07. The molecule has 0 spiro atoms. The first kappa shape index (κ1) is 16.4. The number of benzene rings is 1. The normalized spacial score (nSPS) is 11.2. The van der Waals surface area contributed by atoms with Crippen molar-refractivity contribution < 1.29 is 9.47 Å². The molecule has 0 amide bonds. The van der Waals surface area contributed by atoms with E-state index < -0.39 is 0 Å². The maximum Gasteiger partial charge on any atom is 0.0589 e. The second-order valence-corrected chi connectivity index (χ2v) is 5.33. The van der Waals surface area contributed by atoms with Gasteiger partial charge in [0.05, 0.1) is 6.61 Å². The fourth-order valence-electron chi connectivity index (χ4n) is 1.85. The summed E-state index contributed by atoms with van der Waals surface area (Å²) in [4.78, 5) is 2.36. The van der Waals surface area contributed by atoms with Gasteiger partial charge >= 0.3 is 0 Å². The largest absolute Gasteiger partial charge is 0.398 e. The zero-order valence-electron chi connectivity index (χ0n) is 11.7. The van der Waals surface area contributed by atoms with Crippen molar-refractivity contribution in [3.63, 3.8) is 0 Å². The number of hydrogen-bond donors (Lipinski definition) is 1. The molecule has 1 rings (SSSR count). The summed E-state index contributed by atoms with van der Waals surface area (Å²) in [5, 5.41) is 0. The van der Waals surface area contributed by atoms with Crippen molar-refractivity contribution in [2.75, 3.05) is 46.3 Å². The molecule has 0 aliphatic rings. The summed E-state index contributed by atoms with van der Waals surface area (Å²) in [6, 6.07) is 6.07. The van der Waals surface area contributed by atoms with Gasteiger partial charge in [-0.05, 0) is 40.0 Å². The van der Waals surface area contributed by atoms with E-state index >= 15 is 0 Å². The third-order valence-electron chi connectivity index (χ3n) is 2.91. The number of anilines is 1. The molecule has 4 nitrogen and oxygen atoms in total. The van der Waals surface area contributed by atoms with Gasteiger partial charge in [-0.15, -0.1) is 0 Å². The first-order valence-corrected chi connectivity index (χ1v) is 7.20. The number of halogens is 1. The average Bonchev–Trinajstić information content (AvgIpc) is 2.40. The van der Waals surface area contributed by atoms with Crippen LogP contribution in [0.5, 0.6) is 0 Å². The van der Waals surface area contributed by atoms with Crippen molar-refractivity contribution in [3.8, 4) is 0 Å². The summed E-state index contributed by atoms with van der Waals surface area (Å²) in [5.74, 6) is 0. The van der Waals surface area contributed by atoms with Crippen molar-refractivity contribution in [1.82, 2.24) is 4.90 Å². The van der Waals surface area contributed by atoms with Crippen LogP contribution in [0.15, 0.2) is 22.7 Å². The van der Waals surface area contributed by atoms with Gasteiger partial charge in [-0.2, -0.15) is 0 Å². The van der Waals surface area contributed by atoms with Crippen LogP contribution in [-0.2, 0) is 16.0 Å². The van der Waals surface area contributed by atoms with Gasteiger partial charge in [-0.1, -0.05) is 6.07 Å². The van der Waals surface area contributed by atoms with Crippen LogP contribution in [0.25, 0.3) is 0 Å². The molecule has 1 aromatic rings. The van der Waals surface area contributed by atoms with E-state index in [1.807, 2.05) is 6.07 Å². The molecule has 1 aromatic carbocycles. The predicted octanol–water partition coefficient (Wildman–Crippen LogP) is 2.52. The van der Waals surface area contributed by atoms with Crippen LogP contribution in [0.4, 0.5) is 5.69 Å². The highest BCUT2D eigenvalue weighted by Crippen LogP contribution is 2.21. The summed E-state index contributed by atoms with van der Waals surface area (Å²) in [6.45, 7) is 4.34. The third-order valence-corrected chi connectivity index (χ3v) is 3.59. The van der Waals surface area contributed by atoms with Crippen molar-refractivity contribution in [1.29, 1.82) is 0 Å². The van der Waals surface area contributed by atoms with E-state index in [0.717, 1.165) is 49.4 Å². The molecule has 0 fully saturated rings. The van der Waals surface area contributed by atoms with E-state index in [-0.39, 0.29) is 0 Å². The standard InChI is InChI=1S/C14H23BrN2O2/c1-18-8-3-6-17(7-9-19-2)11-12-4-5-14(16)13(15)10-12/h4-5,10H,3,6-9,11,16H2,1-2H3. The predicted molar refractivity (Wildman–Crippen MR) is 82.2 cm³/mol. The highest BCUT2D eigenvalue weighted by atomic mass is 79.9. The Bertz CT molecular complexity index is 374. The van der Waals surface area contributed by atoms with Crippen LogP contribution in [-0.4, -0.2) is 45.4 Å². The molecule has 0 atom stereocenters. The molecule has 2 N–H and O–H groups in total. The molecule has 0 aromatic heterocycles. The minimum Gasteiger partial charge on any atom is -0.398 e. The average molecular weight is 331 g/mol. The monoisotopic (exact) mass is 330 g/mol. The lowest BCUT2D eigenvalue weighted by atomic mass is 10.2. The first-order chi connectivity index (χ1) is 9.17. The van der Waals surface area contributed by atoms with E-state index in [1.165, 1.54) is 5.56 Å². The Morgan fingerprint density at radius 2 is 1.89 bits per heavy atom. The molecule has 0 radical (unpaired) electrons. The van der Waals surface area contributed by atoms with Crippen molar-refractivity contribution >= 4 is 21.6 Å². The zero-order valence-corrected chi connectivity index (χ0v) is 13.3. The fraction of sp³-hybridized carbons (Fsp3) is 0.571. The van der Waals surface area contributed by atoms with E-state index in [1.54, 1.807) is 14.2 Å². The molecule has 19 heavy (non-hydrogen) atoms. The molecular formula is C14H23BrN2O2. The molecule has 0 aliphatic carbocycles. The Morgan fingerprint density at radius 3 is 2.53 bits per heavy atom. The number of rotatable bonds is 9. The van der Waals surface area contributed by atoms with Crippen LogP contribution in [0, 0.1) is 0 Å². The van der Waals surface area contributed by atoms with Gasteiger partial charge in [-0.25, -0.2) is 0 Å². The third kappa shape index (κ3) is 6.38. The number of nitrogens with two attached hydrogens (primary N) is 1. The zero-order chi connectivity index (χ0) is 14.1. The summed E-state index contributed by atoms with van der Waals surface area (Å²) < 4.78 is 11.2. The number of hydrogen-bond acceptors (Lipinski definition) is 4.